The molecule has 1 rings (SSSR count). The average Bonchev–Trinajstić information content (AvgIpc) is 2.53. The molecule has 22 heavy (non-hydrogen) atoms. The second-order valence-corrected chi connectivity index (χ2v) is 4.88. The minimum Gasteiger partial charge on any atom is -0.463 e. The van der Waals surface area contributed by atoms with E-state index in [1.165, 1.54) is 21.1 Å². The van der Waals surface area contributed by atoms with E-state index in [4.69, 9.17) is 33.2 Å². The lowest BCUT2D eigenvalue weighted by Gasteiger charge is -2.46. The minimum absolute atomic E-state index is 0.0425. The number of hydrogen-bond acceptors (Lipinski definition) is 8. The molecule has 130 valence electrons. The monoisotopic (exact) mass is 322 g/mol. The van der Waals surface area contributed by atoms with Gasteiger partial charge in [0, 0.05) is 42.5 Å². The molecular weight excluding hydrogens is 296 g/mol. The van der Waals surface area contributed by atoms with Crippen LogP contribution in [0.3, 0.4) is 0 Å². The number of methoxy groups -OCH3 is 5. The SMILES string of the molecule is COC(COC(C)=O)C1OC(OC)C(OC)C(OC)C1OC. The fourth-order valence-electron chi connectivity index (χ4n) is 2.61. The number of ether oxygens (including phenoxy) is 7. The van der Waals surface area contributed by atoms with E-state index in [-0.39, 0.29) is 6.61 Å². The second-order valence-electron chi connectivity index (χ2n) is 4.88. The van der Waals surface area contributed by atoms with Crippen LogP contribution >= 0.6 is 0 Å². The first-order chi connectivity index (χ1) is 10.5. The van der Waals surface area contributed by atoms with Crippen LogP contribution in [0.15, 0.2) is 0 Å². The van der Waals surface area contributed by atoms with Crippen molar-refractivity contribution in [3.63, 3.8) is 0 Å². The maximum atomic E-state index is 11.0. The van der Waals surface area contributed by atoms with E-state index in [2.05, 4.69) is 0 Å². The largest absolute Gasteiger partial charge is 0.463 e. The number of carbonyl (C=O) groups is 1. The minimum atomic E-state index is -0.652. The van der Waals surface area contributed by atoms with Crippen LogP contribution in [0.25, 0.3) is 0 Å². The van der Waals surface area contributed by atoms with Gasteiger partial charge in [-0.15, -0.1) is 0 Å². The number of rotatable bonds is 8. The summed E-state index contributed by atoms with van der Waals surface area (Å²) in [6, 6.07) is 0. The molecule has 6 unspecified atom stereocenters. The van der Waals surface area contributed by atoms with Crippen molar-refractivity contribution in [1.82, 2.24) is 0 Å². The van der Waals surface area contributed by atoms with Crippen LogP contribution in [0.1, 0.15) is 6.92 Å². The molecule has 0 saturated carbocycles. The van der Waals surface area contributed by atoms with E-state index < -0.39 is 42.8 Å². The van der Waals surface area contributed by atoms with Crippen LogP contribution in [-0.4, -0.2) is 84.9 Å². The van der Waals surface area contributed by atoms with Crippen molar-refractivity contribution in [3.8, 4) is 0 Å². The number of carbonyl (C=O) groups excluding carboxylic acids is 1. The molecule has 8 nitrogen and oxygen atoms in total. The lowest BCUT2D eigenvalue weighted by Crippen LogP contribution is -2.63. The third-order valence-corrected chi connectivity index (χ3v) is 3.70. The fraction of sp³-hybridized carbons (Fsp3) is 0.929. The molecule has 1 saturated heterocycles. The van der Waals surface area contributed by atoms with E-state index in [9.17, 15) is 4.79 Å². The first-order valence-corrected chi connectivity index (χ1v) is 6.96. The standard InChI is InChI=1S/C14H26O8/c1-8(15)21-7-9(16-2)10-11(17-3)12(18-4)13(19-5)14(20-6)22-10/h9-14H,7H2,1-6H3. The maximum Gasteiger partial charge on any atom is 0.302 e. The zero-order chi connectivity index (χ0) is 16.7. The van der Waals surface area contributed by atoms with Gasteiger partial charge < -0.3 is 33.2 Å². The highest BCUT2D eigenvalue weighted by molar-refractivity contribution is 5.65. The van der Waals surface area contributed by atoms with Crippen LogP contribution in [0, 0.1) is 0 Å². The normalized spacial score (nSPS) is 33.5. The van der Waals surface area contributed by atoms with Gasteiger partial charge in [0.05, 0.1) is 0 Å². The van der Waals surface area contributed by atoms with Gasteiger partial charge in [-0.3, -0.25) is 4.79 Å². The summed E-state index contributed by atoms with van der Waals surface area (Å²) in [5.41, 5.74) is 0. The molecule has 0 aromatic heterocycles. The predicted octanol–water partition coefficient (Wildman–Crippen LogP) is -0.0192. The molecule has 8 heteroatoms. The summed E-state index contributed by atoms with van der Waals surface area (Å²) in [5.74, 6) is -0.395. The topological polar surface area (TPSA) is 81.7 Å². The van der Waals surface area contributed by atoms with Crippen molar-refractivity contribution >= 4 is 5.97 Å². The Morgan fingerprint density at radius 1 is 0.955 bits per heavy atom. The van der Waals surface area contributed by atoms with Crippen LogP contribution in [0.5, 0.6) is 0 Å². The highest BCUT2D eigenvalue weighted by atomic mass is 16.7. The van der Waals surface area contributed by atoms with Crippen LogP contribution in [0.4, 0.5) is 0 Å². The van der Waals surface area contributed by atoms with E-state index in [0.717, 1.165) is 0 Å². The number of hydrogen-bond donors (Lipinski definition) is 0. The first-order valence-electron chi connectivity index (χ1n) is 6.96. The lowest BCUT2D eigenvalue weighted by molar-refractivity contribution is -0.318. The van der Waals surface area contributed by atoms with E-state index in [1.807, 2.05) is 0 Å². The van der Waals surface area contributed by atoms with Gasteiger partial charge in [-0.2, -0.15) is 0 Å². The molecule has 1 aliphatic rings. The Labute approximate surface area is 130 Å². The summed E-state index contributed by atoms with van der Waals surface area (Å²) in [5, 5.41) is 0. The molecular formula is C14H26O8. The summed E-state index contributed by atoms with van der Waals surface area (Å²) >= 11 is 0. The zero-order valence-electron chi connectivity index (χ0n) is 13.9. The van der Waals surface area contributed by atoms with Gasteiger partial charge in [0.15, 0.2) is 6.29 Å². The highest BCUT2D eigenvalue weighted by Gasteiger charge is 2.50. The van der Waals surface area contributed by atoms with Gasteiger partial charge in [-0.05, 0) is 0 Å². The van der Waals surface area contributed by atoms with Crippen molar-refractivity contribution in [1.29, 1.82) is 0 Å². The summed E-state index contributed by atoms with van der Waals surface area (Å²) in [4.78, 5) is 11.0. The Kier molecular flexibility index (Phi) is 8.23. The Hall–Kier alpha value is -0.770. The lowest BCUT2D eigenvalue weighted by atomic mass is 9.94. The molecule has 0 spiro atoms. The van der Waals surface area contributed by atoms with Crippen molar-refractivity contribution in [2.75, 3.05) is 42.2 Å². The molecule has 1 aliphatic heterocycles. The Bertz CT molecular complexity index is 337. The third kappa shape index (κ3) is 4.37. The first kappa shape index (κ1) is 19.3. The fourth-order valence-corrected chi connectivity index (χ4v) is 2.61. The Morgan fingerprint density at radius 3 is 1.95 bits per heavy atom. The van der Waals surface area contributed by atoms with Gasteiger partial charge in [0.25, 0.3) is 0 Å². The van der Waals surface area contributed by atoms with Crippen molar-refractivity contribution in [3.05, 3.63) is 0 Å². The molecule has 0 aliphatic carbocycles. The molecule has 0 N–H and O–H groups in total. The molecule has 0 amide bonds. The molecule has 1 heterocycles. The average molecular weight is 322 g/mol. The van der Waals surface area contributed by atoms with Crippen molar-refractivity contribution in [2.24, 2.45) is 0 Å². The van der Waals surface area contributed by atoms with Gasteiger partial charge in [0.1, 0.15) is 37.1 Å². The molecule has 1 fully saturated rings. The predicted molar refractivity (Wildman–Crippen MR) is 75.5 cm³/mol. The highest BCUT2D eigenvalue weighted by Crippen LogP contribution is 2.30. The molecule has 0 bridgehead atoms. The third-order valence-electron chi connectivity index (χ3n) is 3.70. The maximum absolute atomic E-state index is 11.0. The van der Waals surface area contributed by atoms with Crippen LogP contribution < -0.4 is 0 Å². The Balaban J connectivity index is 2.96. The van der Waals surface area contributed by atoms with E-state index in [0.29, 0.717) is 0 Å². The number of esters is 1. The van der Waals surface area contributed by atoms with E-state index in [1.54, 1.807) is 21.3 Å². The Morgan fingerprint density at radius 2 is 1.55 bits per heavy atom. The molecule has 0 radical (unpaired) electrons. The van der Waals surface area contributed by atoms with Crippen LogP contribution in [0.2, 0.25) is 0 Å². The van der Waals surface area contributed by atoms with Crippen LogP contribution in [-0.2, 0) is 38.0 Å². The molecule has 0 aromatic rings. The smallest absolute Gasteiger partial charge is 0.302 e. The van der Waals surface area contributed by atoms with Gasteiger partial charge >= 0.3 is 5.97 Å². The summed E-state index contributed by atoms with van der Waals surface area (Å²) in [7, 11) is 7.68. The van der Waals surface area contributed by atoms with Crippen molar-refractivity contribution < 1.29 is 38.0 Å². The summed E-state index contributed by atoms with van der Waals surface area (Å²) in [6.45, 7) is 1.37. The quantitative estimate of drug-likeness (QED) is 0.577. The molecule has 0 aromatic carbocycles. The summed E-state index contributed by atoms with van der Waals surface area (Å²) < 4.78 is 38.1. The van der Waals surface area contributed by atoms with Gasteiger partial charge in [-0.1, -0.05) is 0 Å². The van der Waals surface area contributed by atoms with Gasteiger partial charge in [-0.25, -0.2) is 0 Å². The summed E-state index contributed by atoms with van der Waals surface area (Å²) in [6.07, 6.45) is -3.07. The van der Waals surface area contributed by atoms with Gasteiger partial charge in [0.2, 0.25) is 0 Å². The second kappa shape index (κ2) is 9.39. The van der Waals surface area contributed by atoms with E-state index >= 15 is 0 Å². The molecule has 6 atom stereocenters. The zero-order valence-corrected chi connectivity index (χ0v) is 13.9. The van der Waals surface area contributed by atoms with Crippen molar-refractivity contribution in [2.45, 2.75) is 43.7 Å².